The van der Waals surface area contributed by atoms with E-state index < -0.39 is 13.3 Å². The Hall–Kier alpha value is -0.957. The molecule has 0 saturated heterocycles. The molecule has 3 rings (SSSR count). The summed E-state index contributed by atoms with van der Waals surface area (Å²) in [6.45, 7) is 1.08. The van der Waals surface area contributed by atoms with E-state index in [2.05, 4.69) is 64.8 Å². The summed E-state index contributed by atoms with van der Waals surface area (Å²) in [5.74, 6) is 7.37. The molecule has 0 spiro atoms. The summed E-state index contributed by atoms with van der Waals surface area (Å²) < 4.78 is 1.61. The summed E-state index contributed by atoms with van der Waals surface area (Å²) in [5, 5.41) is 0. The van der Waals surface area contributed by atoms with Crippen LogP contribution < -0.4 is 0 Å². The Morgan fingerprint density at radius 3 is 2.71 bits per heavy atom. The van der Waals surface area contributed by atoms with Crippen LogP contribution in [0, 0.1) is 0 Å². The van der Waals surface area contributed by atoms with Gasteiger partial charge in [-0.15, -0.1) is 0 Å². The first kappa shape index (κ1) is 11.2. The SMILES string of the molecule is [CH3][Ge]([CH3])([CH3])[C]1=CN2Cc3ccccc3C2C=C1. The van der Waals surface area contributed by atoms with Crippen LogP contribution in [0.25, 0.3) is 0 Å². The maximum atomic E-state index is 2.50. The quantitative estimate of drug-likeness (QED) is 0.708. The van der Waals surface area contributed by atoms with E-state index in [0.717, 1.165) is 6.54 Å². The Bertz CT molecular complexity index is 508. The molecule has 1 nitrogen and oxygen atoms in total. The van der Waals surface area contributed by atoms with E-state index in [9.17, 15) is 0 Å². The van der Waals surface area contributed by atoms with Crippen molar-refractivity contribution in [3.05, 3.63) is 58.1 Å². The van der Waals surface area contributed by atoms with Gasteiger partial charge in [0.05, 0.1) is 0 Å². The van der Waals surface area contributed by atoms with Gasteiger partial charge in [0.25, 0.3) is 0 Å². The maximum absolute atomic E-state index is 2.50. The number of benzene rings is 1. The van der Waals surface area contributed by atoms with Crippen molar-refractivity contribution in [2.45, 2.75) is 29.9 Å². The molecule has 1 aromatic carbocycles. The van der Waals surface area contributed by atoms with Gasteiger partial charge in [0, 0.05) is 0 Å². The zero-order valence-corrected chi connectivity index (χ0v) is 12.9. The van der Waals surface area contributed by atoms with Crippen molar-refractivity contribution < 1.29 is 0 Å². The second kappa shape index (κ2) is 3.77. The molecular weight excluding hydrogens is 267 g/mol. The van der Waals surface area contributed by atoms with Crippen LogP contribution in [0.15, 0.2) is 47.0 Å². The molecule has 1 atom stereocenters. The van der Waals surface area contributed by atoms with E-state index in [1.54, 1.807) is 4.41 Å². The summed E-state index contributed by atoms with van der Waals surface area (Å²) >= 11 is -1.68. The molecule has 0 bridgehead atoms. The molecule has 2 aliphatic heterocycles. The van der Waals surface area contributed by atoms with Crippen molar-refractivity contribution in [3.8, 4) is 0 Å². The molecule has 1 aromatic rings. The van der Waals surface area contributed by atoms with Gasteiger partial charge in [-0.25, -0.2) is 0 Å². The molecule has 2 heterocycles. The molecule has 2 aliphatic rings. The average molecular weight is 286 g/mol. The third-order valence-electron chi connectivity index (χ3n) is 3.71. The van der Waals surface area contributed by atoms with Gasteiger partial charge in [-0.2, -0.15) is 0 Å². The fourth-order valence-electron chi connectivity index (χ4n) is 2.64. The molecule has 88 valence electrons. The minimum atomic E-state index is -1.68. The molecular formula is C15H19GeN. The molecule has 2 heteroatoms. The Balaban J connectivity index is 1.97. The van der Waals surface area contributed by atoms with Gasteiger partial charge in [0.1, 0.15) is 0 Å². The first-order chi connectivity index (χ1) is 8.05. The Morgan fingerprint density at radius 2 is 1.94 bits per heavy atom. The van der Waals surface area contributed by atoms with Crippen LogP contribution in [0.5, 0.6) is 0 Å². The van der Waals surface area contributed by atoms with Gasteiger partial charge >= 0.3 is 106 Å². The van der Waals surface area contributed by atoms with Gasteiger partial charge in [-0.1, -0.05) is 0 Å². The molecule has 17 heavy (non-hydrogen) atoms. The predicted molar refractivity (Wildman–Crippen MR) is 75.3 cm³/mol. The second-order valence-electron chi connectivity index (χ2n) is 6.01. The number of fused-ring (bicyclic) bond motifs is 3. The third-order valence-corrected chi connectivity index (χ3v) is 7.97. The van der Waals surface area contributed by atoms with Crippen LogP contribution in [0.3, 0.4) is 0 Å². The second-order valence-corrected chi connectivity index (χ2v) is 16.7. The Kier molecular flexibility index (Phi) is 2.47. The Morgan fingerprint density at radius 1 is 1.18 bits per heavy atom. The fraction of sp³-hybridized carbons (Fsp3) is 0.333. The zero-order chi connectivity index (χ0) is 12.0. The average Bonchev–Trinajstić information content (AvgIpc) is 2.65. The van der Waals surface area contributed by atoms with Crippen molar-refractivity contribution >= 4 is 13.3 Å². The summed E-state index contributed by atoms with van der Waals surface area (Å²) in [6, 6.07) is 9.30. The number of rotatable bonds is 1. The van der Waals surface area contributed by atoms with Crippen molar-refractivity contribution in [1.29, 1.82) is 0 Å². The van der Waals surface area contributed by atoms with E-state index in [1.165, 1.54) is 11.1 Å². The van der Waals surface area contributed by atoms with E-state index >= 15 is 0 Å². The van der Waals surface area contributed by atoms with Crippen LogP contribution in [0.1, 0.15) is 17.2 Å². The van der Waals surface area contributed by atoms with Crippen LogP contribution in [-0.2, 0) is 6.54 Å². The van der Waals surface area contributed by atoms with Gasteiger partial charge in [-0.3, -0.25) is 0 Å². The molecule has 0 N–H and O–H groups in total. The number of nitrogens with zero attached hydrogens (tertiary/aromatic N) is 1. The first-order valence-corrected chi connectivity index (χ1v) is 13.6. The molecule has 0 amide bonds. The number of hydrogen-bond acceptors (Lipinski definition) is 1. The van der Waals surface area contributed by atoms with Crippen LogP contribution in [-0.4, -0.2) is 18.2 Å². The normalized spacial score (nSPS) is 22.2. The summed E-state index contributed by atoms with van der Waals surface area (Å²) in [4.78, 5) is 2.50. The van der Waals surface area contributed by atoms with Crippen LogP contribution in [0.4, 0.5) is 0 Å². The third kappa shape index (κ3) is 1.86. The predicted octanol–water partition coefficient (Wildman–Crippen LogP) is 3.87. The molecule has 0 saturated carbocycles. The van der Waals surface area contributed by atoms with Gasteiger partial charge in [0.15, 0.2) is 0 Å². The van der Waals surface area contributed by atoms with Gasteiger partial charge in [0.2, 0.25) is 0 Å². The summed E-state index contributed by atoms with van der Waals surface area (Å²) in [7, 11) is 0. The molecule has 0 aromatic heterocycles. The Labute approximate surface area is 106 Å². The summed E-state index contributed by atoms with van der Waals surface area (Å²) in [6.07, 6.45) is 7.19. The fourth-order valence-corrected chi connectivity index (χ4v) is 5.05. The standard InChI is InChI=1S/C15H19GeN/c1-16(2,3)13-8-9-15-14-7-5-4-6-12(14)10-17(15)11-13/h4-9,11,15H,10H2,1-3H3. The van der Waals surface area contributed by atoms with E-state index in [0.29, 0.717) is 6.04 Å². The van der Waals surface area contributed by atoms with Crippen molar-refractivity contribution in [3.63, 3.8) is 0 Å². The minimum absolute atomic E-state index is 0.486. The number of allylic oxidation sites excluding steroid dienone is 2. The molecule has 0 fully saturated rings. The monoisotopic (exact) mass is 287 g/mol. The van der Waals surface area contributed by atoms with Crippen LogP contribution >= 0.6 is 0 Å². The van der Waals surface area contributed by atoms with Crippen molar-refractivity contribution in [2.24, 2.45) is 0 Å². The van der Waals surface area contributed by atoms with Crippen molar-refractivity contribution in [2.75, 3.05) is 0 Å². The number of hydrogen-bond donors (Lipinski definition) is 0. The summed E-state index contributed by atoms with van der Waals surface area (Å²) in [5.41, 5.74) is 2.97. The molecule has 0 aliphatic carbocycles. The first-order valence-electron chi connectivity index (χ1n) is 6.30. The van der Waals surface area contributed by atoms with Crippen molar-refractivity contribution in [1.82, 2.24) is 4.90 Å². The molecule has 0 radical (unpaired) electrons. The van der Waals surface area contributed by atoms with Gasteiger partial charge < -0.3 is 0 Å². The zero-order valence-electron chi connectivity index (χ0n) is 10.8. The topological polar surface area (TPSA) is 3.24 Å². The van der Waals surface area contributed by atoms with Gasteiger partial charge in [-0.05, 0) is 0 Å². The van der Waals surface area contributed by atoms with E-state index in [4.69, 9.17) is 0 Å². The van der Waals surface area contributed by atoms with Crippen LogP contribution in [0.2, 0.25) is 17.3 Å². The van der Waals surface area contributed by atoms with E-state index in [1.807, 2.05) is 0 Å². The van der Waals surface area contributed by atoms with E-state index in [-0.39, 0.29) is 0 Å². The molecule has 1 unspecified atom stereocenters.